The van der Waals surface area contributed by atoms with Gasteiger partial charge >= 0.3 is 0 Å². The summed E-state index contributed by atoms with van der Waals surface area (Å²) in [5, 5.41) is -0.516. The van der Waals surface area contributed by atoms with Gasteiger partial charge in [0.15, 0.2) is 0 Å². The summed E-state index contributed by atoms with van der Waals surface area (Å²) >= 11 is 0. The molecule has 16 heavy (non-hydrogen) atoms. The van der Waals surface area contributed by atoms with Crippen LogP contribution < -0.4 is 4.72 Å². The summed E-state index contributed by atoms with van der Waals surface area (Å²) in [5.74, 6) is 0. The molecule has 0 aromatic heterocycles. The van der Waals surface area contributed by atoms with Crippen molar-refractivity contribution in [1.82, 2.24) is 4.72 Å². The summed E-state index contributed by atoms with van der Waals surface area (Å²) in [7, 11) is -1.81. The topological polar surface area (TPSA) is 46.2 Å². The second kappa shape index (κ2) is 4.55. The van der Waals surface area contributed by atoms with Crippen LogP contribution in [0.1, 0.15) is 34.4 Å². The Kier molecular flexibility index (Phi) is 3.76. The second-order valence-electron chi connectivity index (χ2n) is 4.20. The average Bonchev–Trinajstić information content (AvgIpc) is 2.15. The van der Waals surface area contributed by atoms with Crippen molar-refractivity contribution in [2.45, 2.75) is 32.9 Å². The molecule has 0 amide bonds. The minimum Gasteiger partial charge on any atom is -0.218 e. The first-order valence-electron chi connectivity index (χ1n) is 5.29. The third kappa shape index (κ3) is 2.44. The summed E-state index contributed by atoms with van der Waals surface area (Å²) in [4.78, 5) is 0. The summed E-state index contributed by atoms with van der Waals surface area (Å²) in [5.41, 5.74) is 4.13. The Hall–Kier alpha value is -0.870. The molecular weight excluding hydrogens is 222 g/mol. The zero-order valence-electron chi connectivity index (χ0n) is 10.5. The van der Waals surface area contributed by atoms with E-state index in [1.165, 1.54) is 7.05 Å². The van der Waals surface area contributed by atoms with Crippen molar-refractivity contribution >= 4 is 10.0 Å². The van der Waals surface area contributed by atoms with E-state index in [0.29, 0.717) is 0 Å². The molecule has 1 aromatic rings. The van der Waals surface area contributed by atoms with Crippen molar-refractivity contribution in [3.05, 3.63) is 34.4 Å². The highest BCUT2D eigenvalue weighted by molar-refractivity contribution is 7.89. The van der Waals surface area contributed by atoms with E-state index in [1.807, 2.05) is 32.9 Å². The Morgan fingerprint density at radius 1 is 1.12 bits per heavy atom. The summed E-state index contributed by atoms with van der Waals surface area (Å²) in [6.45, 7) is 7.64. The number of hydrogen-bond donors (Lipinski definition) is 1. The molecule has 1 N–H and O–H groups in total. The van der Waals surface area contributed by atoms with Crippen LogP contribution in [0.2, 0.25) is 0 Å². The number of sulfonamides is 1. The van der Waals surface area contributed by atoms with Gasteiger partial charge in [-0.15, -0.1) is 0 Å². The zero-order valence-corrected chi connectivity index (χ0v) is 11.3. The Morgan fingerprint density at radius 3 is 1.94 bits per heavy atom. The van der Waals surface area contributed by atoms with E-state index in [4.69, 9.17) is 0 Å². The Bertz CT molecular complexity index is 469. The highest BCUT2D eigenvalue weighted by Crippen LogP contribution is 2.28. The van der Waals surface area contributed by atoms with Gasteiger partial charge < -0.3 is 0 Å². The van der Waals surface area contributed by atoms with Crippen molar-refractivity contribution < 1.29 is 8.42 Å². The van der Waals surface area contributed by atoms with Gasteiger partial charge in [0.05, 0.1) is 5.25 Å². The van der Waals surface area contributed by atoms with E-state index in [-0.39, 0.29) is 0 Å². The highest BCUT2D eigenvalue weighted by Gasteiger charge is 2.23. The standard InChI is InChI=1S/C12H19NO2S/c1-8-6-9(2)12(10(3)7-8)11(4)16(14,15)13-5/h6-7,11,13H,1-5H3. The molecule has 0 saturated heterocycles. The van der Waals surface area contributed by atoms with Gasteiger partial charge in [0, 0.05) is 0 Å². The quantitative estimate of drug-likeness (QED) is 0.882. The number of nitrogens with one attached hydrogen (secondary N) is 1. The van der Waals surface area contributed by atoms with Crippen LogP contribution in [0, 0.1) is 20.8 Å². The van der Waals surface area contributed by atoms with Crippen LogP contribution in [0.5, 0.6) is 0 Å². The molecule has 0 aliphatic heterocycles. The number of rotatable bonds is 3. The van der Waals surface area contributed by atoms with Gasteiger partial charge in [0.25, 0.3) is 0 Å². The van der Waals surface area contributed by atoms with Gasteiger partial charge in [-0.3, -0.25) is 0 Å². The Labute approximate surface area is 97.9 Å². The molecule has 90 valence electrons. The fourth-order valence-electron chi connectivity index (χ4n) is 2.16. The van der Waals surface area contributed by atoms with Crippen molar-refractivity contribution in [3.8, 4) is 0 Å². The lowest BCUT2D eigenvalue weighted by Crippen LogP contribution is -2.25. The van der Waals surface area contributed by atoms with Crippen molar-refractivity contribution in [3.63, 3.8) is 0 Å². The fraction of sp³-hybridized carbons (Fsp3) is 0.500. The lowest BCUT2D eigenvalue weighted by molar-refractivity contribution is 0.577. The molecule has 0 fully saturated rings. The molecule has 0 bridgehead atoms. The van der Waals surface area contributed by atoms with Crippen LogP contribution >= 0.6 is 0 Å². The molecule has 4 heteroatoms. The largest absolute Gasteiger partial charge is 0.218 e. The van der Waals surface area contributed by atoms with Crippen LogP contribution in [-0.2, 0) is 10.0 Å². The van der Waals surface area contributed by atoms with Crippen LogP contribution in [0.25, 0.3) is 0 Å². The molecule has 0 aliphatic rings. The third-order valence-electron chi connectivity index (χ3n) is 2.89. The average molecular weight is 241 g/mol. The van der Waals surface area contributed by atoms with Crippen molar-refractivity contribution in [1.29, 1.82) is 0 Å². The van der Waals surface area contributed by atoms with Crippen LogP contribution in [0.3, 0.4) is 0 Å². The first-order chi connectivity index (χ1) is 7.29. The van der Waals surface area contributed by atoms with Crippen LogP contribution in [0.4, 0.5) is 0 Å². The number of aryl methyl sites for hydroxylation is 3. The molecule has 0 saturated carbocycles. The maximum atomic E-state index is 11.8. The molecule has 0 radical (unpaired) electrons. The maximum Gasteiger partial charge on any atom is 0.218 e. The molecule has 0 spiro atoms. The number of hydrogen-bond acceptors (Lipinski definition) is 2. The molecule has 0 heterocycles. The third-order valence-corrected chi connectivity index (χ3v) is 4.63. The molecule has 0 aliphatic carbocycles. The predicted molar refractivity (Wildman–Crippen MR) is 67.0 cm³/mol. The van der Waals surface area contributed by atoms with Gasteiger partial charge in [0.2, 0.25) is 10.0 Å². The summed E-state index contributed by atoms with van der Waals surface area (Å²) < 4.78 is 25.9. The summed E-state index contributed by atoms with van der Waals surface area (Å²) in [6.07, 6.45) is 0. The normalized spacial score (nSPS) is 13.8. The molecule has 1 rings (SSSR count). The van der Waals surface area contributed by atoms with Gasteiger partial charge in [-0.25, -0.2) is 13.1 Å². The lowest BCUT2D eigenvalue weighted by atomic mass is 9.98. The minimum atomic E-state index is -3.26. The fourth-order valence-corrected chi connectivity index (χ4v) is 3.20. The Balaban J connectivity index is 3.35. The first kappa shape index (κ1) is 13.2. The van der Waals surface area contributed by atoms with Crippen molar-refractivity contribution in [2.75, 3.05) is 7.05 Å². The smallest absolute Gasteiger partial charge is 0.218 e. The second-order valence-corrected chi connectivity index (χ2v) is 6.41. The molecule has 1 unspecified atom stereocenters. The van der Waals surface area contributed by atoms with Gasteiger partial charge in [0.1, 0.15) is 0 Å². The monoisotopic (exact) mass is 241 g/mol. The van der Waals surface area contributed by atoms with Crippen LogP contribution in [0.15, 0.2) is 12.1 Å². The molecule has 3 nitrogen and oxygen atoms in total. The van der Waals surface area contributed by atoms with Gasteiger partial charge in [-0.05, 0) is 51.4 Å². The number of benzene rings is 1. The Morgan fingerprint density at radius 2 is 1.56 bits per heavy atom. The SMILES string of the molecule is CNS(=O)(=O)C(C)c1c(C)cc(C)cc1C. The molecule has 1 aromatic carbocycles. The lowest BCUT2D eigenvalue weighted by Gasteiger charge is -2.18. The van der Waals surface area contributed by atoms with E-state index >= 15 is 0 Å². The predicted octanol–water partition coefficient (Wildman–Crippen LogP) is 2.22. The zero-order chi connectivity index (χ0) is 12.5. The first-order valence-corrected chi connectivity index (χ1v) is 6.84. The van der Waals surface area contributed by atoms with E-state index < -0.39 is 15.3 Å². The maximum absolute atomic E-state index is 11.8. The molecular formula is C12H19NO2S. The molecule has 1 atom stereocenters. The van der Waals surface area contributed by atoms with E-state index in [9.17, 15) is 8.42 Å². The van der Waals surface area contributed by atoms with Gasteiger partial charge in [-0.2, -0.15) is 0 Å². The highest BCUT2D eigenvalue weighted by atomic mass is 32.2. The summed E-state index contributed by atoms with van der Waals surface area (Å²) in [6, 6.07) is 4.04. The van der Waals surface area contributed by atoms with Crippen LogP contribution in [-0.4, -0.2) is 15.5 Å². The van der Waals surface area contributed by atoms with E-state index in [0.717, 1.165) is 22.3 Å². The van der Waals surface area contributed by atoms with E-state index in [1.54, 1.807) is 6.92 Å². The van der Waals surface area contributed by atoms with Gasteiger partial charge in [-0.1, -0.05) is 17.7 Å². The van der Waals surface area contributed by atoms with E-state index in [2.05, 4.69) is 4.72 Å². The minimum absolute atomic E-state index is 0.516. The van der Waals surface area contributed by atoms with Crippen molar-refractivity contribution in [2.24, 2.45) is 0 Å².